The number of nitrogens with zero attached hydrogens (tertiary/aromatic N) is 3. The smallest absolute Gasteiger partial charge is 0.217 e. The molecular weight excluding hydrogens is 216 g/mol. The molecule has 0 saturated carbocycles. The van der Waals surface area contributed by atoms with Gasteiger partial charge in [0.25, 0.3) is 0 Å². The van der Waals surface area contributed by atoms with Crippen LogP contribution in [-0.4, -0.2) is 14.6 Å². The van der Waals surface area contributed by atoms with Crippen molar-refractivity contribution in [2.75, 3.05) is 0 Å². The summed E-state index contributed by atoms with van der Waals surface area (Å²) in [6.07, 6.45) is 0. The van der Waals surface area contributed by atoms with Crippen LogP contribution in [0.25, 0.3) is 17.2 Å². The molecule has 0 unspecified atom stereocenters. The standard InChI is InChI=1S/C12H12N4O/c1-8-5-6-10(17-8)12-14-11-4-2-3-9(7-13)16(11)15-12/h2-6H,7,13H2,1H3. The topological polar surface area (TPSA) is 69.3 Å². The highest BCUT2D eigenvalue weighted by molar-refractivity contribution is 5.52. The fourth-order valence-electron chi connectivity index (χ4n) is 1.77. The first kappa shape index (κ1) is 10.0. The van der Waals surface area contributed by atoms with Gasteiger partial charge in [0.1, 0.15) is 5.76 Å². The normalized spacial score (nSPS) is 11.2. The number of furan rings is 1. The molecule has 0 aromatic carbocycles. The Bertz CT molecular complexity index is 668. The average molecular weight is 228 g/mol. The molecule has 3 aromatic rings. The van der Waals surface area contributed by atoms with Gasteiger partial charge in [-0.15, -0.1) is 5.10 Å². The lowest BCUT2D eigenvalue weighted by Gasteiger charge is -1.98. The Hall–Kier alpha value is -2.14. The highest BCUT2D eigenvalue weighted by Crippen LogP contribution is 2.19. The second-order valence-electron chi connectivity index (χ2n) is 3.84. The summed E-state index contributed by atoms with van der Waals surface area (Å²) < 4.78 is 7.25. The highest BCUT2D eigenvalue weighted by Gasteiger charge is 2.10. The van der Waals surface area contributed by atoms with Crippen molar-refractivity contribution >= 4 is 5.65 Å². The van der Waals surface area contributed by atoms with E-state index in [-0.39, 0.29) is 0 Å². The minimum absolute atomic E-state index is 0.428. The van der Waals surface area contributed by atoms with Gasteiger partial charge in [-0.25, -0.2) is 9.50 Å². The molecule has 0 bridgehead atoms. The Kier molecular flexibility index (Phi) is 2.19. The van der Waals surface area contributed by atoms with Crippen molar-refractivity contribution in [2.24, 2.45) is 5.73 Å². The number of pyridine rings is 1. The summed E-state index contributed by atoms with van der Waals surface area (Å²) in [5.41, 5.74) is 7.35. The number of rotatable bonds is 2. The molecule has 2 N–H and O–H groups in total. The van der Waals surface area contributed by atoms with Crippen LogP contribution in [0.5, 0.6) is 0 Å². The van der Waals surface area contributed by atoms with E-state index in [1.54, 1.807) is 4.52 Å². The zero-order valence-electron chi connectivity index (χ0n) is 9.42. The van der Waals surface area contributed by atoms with Gasteiger partial charge in [0.2, 0.25) is 5.82 Å². The maximum absolute atomic E-state index is 5.66. The minimum Gasteiger partial charge on any atom is -0.458 e. The van der Waals surface area contributed by atoms with Gasteiger partial charge in [-0.3, -0.25) is 0 Å². The third-order valence-corrected chi connectivity index (χ3v) is 2.61. The zero-order valence-corrected chi connectivity index (χ0v) is 9.42. The number of hydrogen-bond acceptors (Lipinski definition) is 4. The maximum atomic E-state index is 5.66. The van der Waals surface area contributed by atoms with Gasteiger partial charge in [0, 0.05) is 6.54 Å². The summed E-state index contributed by atoms with van der Waals surface area (Å²) in [5, 5.41) is 4.40. The molecule has 0 fully saturated rings. The summed E-state index contributed by atoms with van der Waals surface area (Å²) in [7, 11) is 0. The lowest BCUT2D eigenvalue weighted by atomic mass is 10.3. The van der Waals surface area contributed by atoms with E-state index in [4.69, 9.17) is 10.2 Å². The summed E-state index contributed by atoms with van der Waals surface area (Å²) >= 11 is 0. The molecule has 5 heteroatoms. The molecule has 0 aliphatic carbocycles. The second-order valence-corrected chi connectivity index (χ2v) is 3.84. The van der Waals surface area contributed by atoms with Gasteiger partial charge in [-0.05, 0) is 31.2 Å². The van der Waals surface area contributed by atoms with Crippen molar-refractivity contribution in [2.45, 2.75) is 13.5 Å². The van der Waals surface area contributed by atoms with E-state index in [2.05, 4.69) is 10.1 Å². The van der Waals surface area contributed by atoms with E-state index in [0.717, 1.165) is 17.1 Å². The predicted molar refractivity (Wildman–Crippen MR) is 63.3 cm³/mol. The number of fused-ring (bicyclic) bond motifs is 1. The van der Waals surface area contributed by atoms with Crippen LogP contribution in [0.3, 0.4) is 0 Å². The number of hydrogen-bond donors (Lipinski definition) is 1. The maximum Gasteiger partial charge on any atom is 0.217 e. The molecule has 0 aliphatic heterocycles. The molecule has 0 saturated heterocycles. The first-order chi connectivity index (χ1) is 8.28. The fraction of sp³-hybridized carbons (Fsp3) is 0.167. The van der Waals surface area contributed by atoms with Gasteiger partial charge in [0.05, 0.1) is 5.69 Å². The van der Waals surface area contributed by atoms with Crippen LogP contribution >= 0.6 is 0 Å². The van der Waals surface area contributed by atoms with E-state index >= 15 is 0 Å². The minimum atomic E-state index is 0.428. The van der Waals surface area contributed by atoms with Crippen LogP contribution in [-0.2, 0) is 6.54 Å². The molecule has 0 radical (unpaired) electrons. The number of aryl methyl sites for hydroxylation is 1. The molecular formula is C12H12N4O. The molecule has 3 aromatic heterocycles. The van der Waals surface area contributed by atoms with Crippen molar-refractivity contribution in [1.82, 2.24) is 14.6 Å². The lowest BCUT2D eigenvalue weighted by Crippen LogP contribution is -2.04. The Labute approximate surface area is 97.9 Å². The summed E-state index contributed by atoms with van der Waals surface area (Å²) in [6, 6.07) is 9.50. The molecule has 17 heavy (non-hydrogen) atoms. The summed E-state index contributed by atoms with van der Waals surface area (Å²) in [4.78, 5) is 4.41. The van der Waals surface area contributed by atoms with Crippen LogP contribution in [0.4, 0.5) is 0 Å². The summed E-state index contributed by atoms with van der Waals surface area (Å²) in [5.74, 6) is 2.10. The van der Waals surface area contributed by atoms with Crippen LogP contribution < -0.4 is 5.73 Å². The second kappa shape index (κ2) is 3.71. The Morgan fingerprint density at radius 2 is 2.18 bits per heavy atom. The number of nitrogens with two attached hydrogens (primary N) is 1. The van der Waals surface area contributed by atoms with Crippen LogP contribution in [0.1, 0.15) is 11.5 Å². The fourth-order valence-corrected chi connectivity index (χ4v) is 1.77. The van der Waals surface area contributed by atoms with E-state index in [1.807, 2.05) is 37.3 Å². The van der Waals surface area contributed by atoms with Gasteiger partial charge in [-0.1, -0.05) is 6.07 Å². The molecule has 0 spiro atoms. The number of aromatic nitrogens is 3. The Balaban J connectivity index is 2.19. The highest BCUT2D eigenvalue weighted by atomic mass is 16.3. The van der Waals surface area contributed by atoms with Crippen molar-refractivity contribution < 1.29 is 4.42 Å². The lowest BCUT2D eigenvalue weighted by molar-refractivity contribution is 0.544. The van der Waals surface area contributed by atoms with Crippen LogP contribution in [0.2, 0.25) is 0 Å². The third kappa shape index (κ3) is 1.60. The molecule has 3 rings (SSSR count). The zero-order chi connectivity index (χ0) is 11.8. The van der Waals surface area contributed by atoms with E-state index in [0.29, 0.717) is 18.1 Å². The van der Waals surface area contributed by atoms with E-state index in [9.17, 15) is 0 Å². The van der Waals surface area contributed by atoms with E-state index < -0.39 is 0 Å². The Morgan fingerprint density at radius 3 is 2.88 bits per heavy atom. The first-order valence-electron chi connectivity index (χ1n) is 5.39. The van der Waals surface area contributed by atoms with Crippen LogP contribution in [0, 0.1) is 6.92 Å². The van der Waals surface area contributed by atoms with Gasteiger partial charge >= 0.3 is 0 Å². The van der Waals surface area contributed by atoms with Crippen molar-refractivity contribution in [1.29, 1.82) is 0 Å². The molecule has 0 atom stereocenters. The quantitative estimate of drug-likeness (QED) is 0.725. The Morgan fingerprint density at radius 1 is 1.29 bits per heavy atom. The van der Waals surface area contributed by atoms with Crippen molar-refractivity contribution in [3.05, 3.63) is 41.8 Å². The molecule has 3 heterocycles. The van der Waals surface area contributed by atoms with Gasteiger partial charge < -0.3 is 10.2 Å². The van der Waals surface area contributed by atoms with Gasteiger partial charge in [0.15, 0.2) is 11.4 Å². The molecule has 5 nitrogen and oxygen atoms in total. The third-order valence-electron chi connectivity index (χ3n) is 2.61. The molecule has 0 aliphatic rings. The first-order valence-corrected chi connectivity index (χ1v) is 5.39. The average Bonchev–Trinajstić information content (AvgIpc) is 2.93. The van der Waals surface area contributed by atoms with Crippen molar-refractivity contribution in [3.8, 4) is 11.6 Å². The molecule has 86 valence electrons. The summed E-state index contributed by atoms with van der Waals surface area (Å²) in [6.45, 7) is 2.32. The van der Waals surface area contributed by atoms with E-state index in [1.165, 1.54) is 0 Å². The largest absolute Gasteiger partial charge is 0.458 e. The van der Waals surface area contributed by atoms with Crippen molar-refractivity contribution in [3.63, 3.8) is 0 Å². The molecule has 0 amide bonds. The predicted octanol–water partition coefficient (Wildman–Crippen LogP) is 1.76. The monoisotopic (exact) mass is 228 g/mol. The van der Waals surface area contributed by atoms with Gasteiger partial charge in [-0.2, -0.15) is 0 Å². The SMILES string of the molecule is Cc1ccc(-c2nc3cccc(CN)n3n2)o1. The van der Waals surface area contributed by atoms with Crippen LogP contribution in [0.15, 0.2) is 34.7 Å².